The number of ether oxygens (including phenoxy) is 2. The molecule has 3 heterocycles. The minimum atomic E-state index is -1.18. The minimum absolute atomic E-state index is 0.0241. The number of carboxylic acid groups (broad SMARTS) is 1. The number of amides is 2. The maximum absolute atomic E-state index is 16.6. The molecule has 5 rings (SSSR count). The third-order valence-electron chi connectivity index (χ3n) is 7.06. The number of rotatable bonds is 4. The zero-order chi connectivity index (χ0) is 28.9. The summed E-state index contributed by atoms with van der Waals surface area (Å²) in [6.07, 6.45) is 0.437. The molecule has 210 valence electrons. The van der Waals surface area contributed by atoms with Gasteiger partial charge in [-0.2, -0.15) is 0 Å². The first-order chi connectivity index (χ1) is 19.0. The minimum Gasteiger partial charge on any atom is -0.507 e. The maximum Gasteiger partial charge on any atom is 0.407 e. The SMILES string of the molecule is Cc1ccnc(C(C)C)c1Oc1c(F)c(-c2c(O)cccc2F)c(Cl)c2c1C(=O)N1CCN(C(=O)O)C[C@H]1CO2. The van der Waals surface area contributed by atoms with E-state index in [0.29, 0.717) is 11.3 Å². The van der Waals surface area contributed by atoms with Gasteiger partial charge in [0, 0.05) is 25.8 Å². The first-order valence-electron chi connectivity index (χ1n) is 12.6. The number of phenols is 1. The molecule has 0 radical (unpaired) electrons. The lowest BCUT2D eigenvalue weighted by Gasteiger charge is -2.38. The first kappa shape index (κ1) is 27.4. The summed E-state index contributed by atoms with van der Waals surface area (Å²) in [5, 5.41) is 19.5. The van der Waals surface area contributed by atoms with Crippen molar-refractivity contribution in [3.05, 3.63) is 63.9 Å². The van der Waals surface area contributed by atoms with E-state index in [0.717, 1.165) is 11.0 Å². The van der Waals surface area contributed by atoms with Gasteiger partial charge in [0.25, 0.3) is 5.91 Å². The van der Waals surface area contributed by atoms with Gasteiger partial charge in [-0.05, 0) is 36.6 Å². The summed E-state index contributed by atoms with van der Waals surface area (Å²) in [5.74, 6) is -4.17. The number of halogens is 3. The van der Waals surface area contributed by atoms with Gasteiger partial charge in [-0.3, -0.25) is 9.78 Å². The van der Waals surface area contributed by atoms with Crippen LogP contribution in [0.25, 0.3) is 11.1 Å². The van der Waals surface area contributed by atoms with Crippen LogP contribution >= 0.6 is 11.6 Å². The molecular weight excluding hydrogens is 548 g/mol. The summed E-state index contributed by atoms with van der Waals surface area (Å²) in [7, 11) is 0. The van der Waals surface area contributed by atoms with E-state index in [-0.39, 0.29) is 49.2 Å². The molecule has 1 fully saturated rings. The third kappa shape index (κ3) is 4.53. The molecule has 3 aromatic rings. The normalized spacial score (nSPS) is 16.8. The number of aromatic hydroxyl groups is 1. The number of hydrogen-bond donors (Lipinski definition) is 2. The second kappa shape index (κ2) is 10.5. The Hall–Kier alpha value is -4.12. The van der Waals surface area contributed by atoms with Crippen molar-refractivity contribution in [2.45, 2.75) is 32.7 Å². The van der Waals surface area contributed by atoms with Crippen molar-refractivity contribution >= 4 is 23.6 Å². The summed E-state index contributed by atoms with van der Waals surface area (Å²) in [6.45, 7) is 5.34. The summed E-state index contributed by atoms with van der Waals surface area (Å²) >= 11 is 6.63. The Bertz CT molecular complexity index is 1510. The summed E-state index contributed by atoms with van der Waals surface area (Å²) in [4.78, 5) is 32.5. The second-order valence-corrected chi connectivity index (χ2v) is 10.3. The van der Waals surface area contributed by atoms with Crippen molar-refractivity contribution in [3.8, 4) is 34.1 Å². The predicted octanol–water partition coefficient (Wildman–Crippen LogP) is 5.81. The Morgan fingerprint density at radius 2 is 1.93 bits per heavy atom. The second-order valence-electron chi connectivity index (χ2n) is 9.96. The van der Waals surface area contributed by atoms with Crippen LogP contribution in [-0.2, 0) is 0 Å². The highest BCUT2D eigenvalue weighted by Gasteiger charge is 2.42. The van der Waals surface area contributed by atoms with Crippen LogP contribution in [0, 0.1) is 18.6 Å². The van der Waals surface area contributed by atoms with E-state index in [1.807, 2.05) is 13.8 Å². The quantitative estimate of drug-likeness (QED) is 0.405. The number of benzene rings is 2. The van der Waals surface area contributed by atoms with Crippen molar-refractivity contribution < 1.29 is 38.1 Å². The van der Waals surface area contributed by atoms with E-state index in [2.05, 4.69) is 4.98 Å². The molecule has 9 nitrogen and oxygen atoms in total. The number of hydrogen-bond acceptors (Lipinski definition) is 6. The Balaban J connectivity index is 1.77. The zero-order valence-electron chi connectivity index (χ0n) is 21.9. The smallest absolute Gasteiger partial charge is 0.407 e. The molecule has 2 amide bonds. The molecule has 12 heteroatoms. The number of aryl methyl sites for hydroxylation is 1. The van der Waals surface area contributed by atoms with Crippen molar-refractivity contribution in [1.29, 1.82) is 0 Å². The van der Waals surface area contributed by atoms with Crippen molar-refractivity contribution in [1.82, 2.24) is 14.8 Å². The molecule has 0 saturated carbocycles. The van der Waals surface area contributed by atoms with Crippen molar-refractivity contribution in [2.75, 3.05) is 26.2 Å². The van der Waals surface area contributed by atoms with Crippen LogP contribution in [0.5, 0.6) is 23.0 Å². The summed E-state index contributed by atoms with van der Waals surface area (Å²) < 4.78 is 43.7. The lowest BCUT2D eigenvalue weighted by molar-refractivity contribution is 0.0389. The number of fused-ring (bicyclic) bond motifs is 2. The molecule has 2 aromatic carbocycles. The molecule has 40 heavy (non-hydrogen) atoms. The summed E-state index contributed by atoms with van der Waals surface area (Å²) in [6, 6.07) is 4.42. The average Bonchev–Trinajstić information content (AvgIpc) is 3.05. The lowest BCUT2D eigenvalue weighted by atomic mass is 9.98. The van der Waals surface area contributed by atoms with Gasteiger partial charge in [0.2, 0.25) is 0 Å². The molecule has 2 aliphatic rings. The molecule has 2 N–H and O–H groups in total. The first-order valence-corrected chi connectivity index (χ1v) is 13.0. The van der Waals surface area contributed by atoms with Crippen LogP contribution in [-0.4, -0.2) is 69.3 Å². The molecule has 1 saturated heterocycles. The third-order valence-corrected chi connectivity index (χ3v) is 7.42. The van der Waals surface area contributed by atoms with E-state index in [1.54, 1.807) is 19.2 Å². The number of carbonyl (C=O) groups excluding carboxylic acids is 1. The molecule has 1 atom stereocenters. The van der Waals surface area contributed by atoms with Gasteiger partial charge in [-0.1, -0.05) is 31.5 Å². The number of piperazine rings is 1. The van der Waals surface area contributed by atoms with Crippen LogP contribution in [0.15, 0.2) is 30.5 Å². The standard InChI is InChI=1S/C28H26ClF2N3O6/c1-13(2)23-24(14(3)7-8-32-23)40-26-20-25(21(29)19(22(26)31)18-16(30)5-4-6-17(18)35)39-12-15-11-33(28(37)38)9-10-34(15)27(20)36/h4-8,13,15,35H,9-12H2,1-3H3,(H,37,38)/t15-/m0/s1. The fourth-order valence-electron chi connectivity index (χ4n) is 5.03. The van der Waals surface area contributed by atoms with E-state index in [9.17, 15) is 19.8 Å². The number of carbonyl (C=O) groups is 2. The van der Waals surface area contributed by atoms with Crippen LogP contribution in [0.3, 0.4) is 0 Å². The number of nitrogens with zero attached hydrogens (tertiary/aromatic N) is 3. The Labute approximate surface area is 233 Å². The molecule has 0 unspecified atom stereocenters. The maximum atomic E-state index is 16.6. The molecule has 0 spiro atoms. The number of aromatic nitrogens is 1. The van der Waals surface area contributed by atoms with E-state index in [1.165, 1.54) is 17.0 Å². The topological polar surface area (TPSA) is 112 Å². The highest BCUT2D eigenvalue weighted by atomic mass is 35.5. The Morgan fingerprint density at radius 3 is 2.60 bits per heavy atom. The highest BCUT2D eigenvalue weighted by molar-refractivity contribution is 6.36. The Morgan fingerprint density at radius 1 is 1.18 bits per heavy atom. The average molecular weight is 574 g/mol. The number of phenolic OH excluding ortho intramolecular Hbond substituents is 1. The van der Waals surface area contributed by atoms with Crippen LogP contribution in [0.1, 0.15) is 41.4 Å². The zero-order valence-corrected chi connectivity index (χ0v) is 22.6. The molecule has 2 aliphatic heterocycles. The predicted molar refractivity (Wildman–Crippen MR) is 142 cm³/mol. The van der Waals surface area contributed by atoms with Crippen LogP contribution in [0.2, 0.25) is 5.02 Å². The van der Waals surface area contributed by atoms with E-state index >= 15 is 8.78 Å². The van der Waals surface area contributed by atoms with Gasteiger partial charge < -0.3 is 29.5 Å². The highest BCUT2D eigenvalue weighted by Crippen LogP contribution is 2.51. The van der Waals surface area contributed by atoms with Crippen LogP contribution < -0.4 is 9.47 Å². The fraction of sp³-hybridized carbons (Fsp3) is 0.321. The Kier molecular flexibility index (Phi) is 7.17. The van der Waals surface area contributed by atoms with Gasteiger partial charge >= 0.3 is 6.09 Å². The van der Waals surface area contributed by atoms with Gasteiger partial charge in [0.1, 0.15) is 23.7 Å². The van der Waals surface area contributed by atoms with Crippen molar-refractivity contribution in [2.24, 2.45) is 0 Å². The fourth-order valence-corrected chi connectivity index (χ4v) is 5.35. The number of pyridine rings is 1. The van der Waals surface area contributed by atoms with Gasteiger partial charge in [-0.25, -0.2) is 13.6 Å². The summed E-state index contributed by atoms with van der Waals surface area (Å²) in [5.41, 5.74) is -0.301. The molecule has 1 aromatic heterocycles. The molecule has 0 aliphatic carbocycles. The monoisotopic (exact) mass is 573 g/mol. The van der Waals surface area contributed by atoms with E-state index < -0.39 is 57.3 Å². The van der Waals surface area contributed by atoms with Crippen LogP contribution in [0.4, 0.5) is 13.6 Å². The van der Waals surface area contributed by atoms with E-state index in [4.69, 9.17) is 21.1 Å². The molecular formula is C28H26ClF2N3O6. The van der Waals surface area contributed by atoms with Gasteiger partial charge in [0.05, 0.1) is 27.9 Å². The lowest BCUT2D eigenvalue weighted by Crippen LogP contribution is -2.57. The van der Waals surface area contributed by atoms with Gasteiger partial charge in [0.15, 0.2) is 23.1 Å². The molecule has 0 bridgehead atoms. The van der Waals surface area contributed by atoms with Crippen molar-refractivity contribution in [3.63, 3.8) is 0 Å². The van der Waals surface area contributed by atoms with Gasteiger partial charge in [-0.15, -0.1) is 0 Å². The largest absolute Gasteiger partial charge is 0.507 e.